The predicted octanol–water partition coefficient (Wildman–Crippen LogP) is 1.50. The highest BCUT2D eigenvalue weighted by atomic mass is 16.6. The topological polar surface area (TPSA) is 84.7 Å². The van der Waals surface area contributed by atoms with Crippen molar-refractivity contribution in [1.29, 1.82) is 0 Å². The van der Waals surface area contributed by atoms with Gasteiger partial charge in [0.05, 0.1) is 17.1 Å². The zero-order valence-electron chi connectivity index (χ0n) is 11.3. The van der Waals surface area contributed by atoms with Crippen molar-refractivity contribution in [2.45, 2.75) is 6.42 Å². The number of ether oxygens (including phenoxy) is 1. The minimum Gasteiger partial charge on any atom is -0.382 e. The third kappa shape index (κ3) is 2.88. The van der Waals surface area contributed by atoms with Gasteiger partial charge in [0.2, 0.25) is 0 Å². The van der Waals surface area contributed by atoms with E-state index in [4.69, 9.17) is 4.74 Å². The maximum atomic E-state index is 12.5. The molecule has 0 radical (unpaired) electrons. The lowest BCUT2D eigenvalue weighted by Crippen LogP contribution is -2.33. The second-order valence-electron chi connectivity index (χ2n) is 4.46. The van der Waals surface area contributed by atoms with Gasteiger partial charge in [0, 0.05) is 32.8 Å². The third-order valence-corrected chi connectivity index (χ3v) is 3.23. The Labute approximate surface area is 116 Å². The number of benzene rings is 1. The molecule has 1 aromatic rings. The molecule has 1 saturated heterocycles. The van der Waals surface area contributed by atoms with Gasteiger partial charge in [-0.25, -0.2) is 0 Å². The quantitative estimate of drug-likeness (QED) is 0.669. The molecule has 1 N–H and O–H groups in total. The first-order valence-electron chi connectivity index (χ1n) is 6.47. The first kappa shape index (κ1) is 14.3. The summed E-state index contributed by atoms with van der Waals surface area (Å²) < 4.78 is 5.31. The van der Waals surface area contributed by atoms with Crippen LogP contribution in [0.4, 0.5) is 11.4 Å². The van der Waals surface area contributed by atoms with Gasteiger partial charge < -0.3 is 15.0 Å². The zero-order chi connectivity index (χ0) is 14.5. The fraction of sp³-hybridized carbons (Fsp3) is 0.462. The van der Waals surface area contributed by atoms with Crippen LogP contribution in [-0.2, 0) is 4.74 Å². The van der Waals surface area contributed by atoms with Crippen LogP contribution in [0.15, 0.2) is 18.2 Å². The van der Waals surface area contributed by atoms with E-state index in [9.17, 15) is 14.9 Å². The number of carbonyl (C=O) groups is 1. The lowest BCUT2D eigenvalue weighted by atomic mass is 10.1. The van der Waals surface area contributed by atoms with E-state index in [1.54, 1.807) is 18.0 Å². The first-order chi connectivity index (χ1) is 9.65. The number of carbonyl (C=O) groups excluding carboxylic acids is 1. The minimum atomic E-state index is -0.492. The van der Waals surface area contributed by atoms with Gasteiger partial charge in [-0.15, -0.1) is 0 Å². The van der Waals surface area contributed by atoms with Gasteiger partial charge in [-0.1, -0.05) is 6.07 Å². The number of para-hydroxylation sites is 1. The Morgan fingerprint density at radius 2 is 2.20 bits per heavy atom. The smallest absolute Gasteiger partial charge is 0.293 e. The maximum absolute atomic E-state index is 12.5. The molecular weight excluding hydrogens is 262 g/mol. The molecule has 1 fully saturated rings. The van der Waals surface area contributed by atoms with Crippen molar-refractivity contribution in [2.24, 2.45) is 0 Å². The summed E-state index contributed by atoms with van der Waals surface area (Å²) in [4.78, 5) is 24.7. The van der Waals surface area contributed by atoms with E-state index in [0.717, 1.165) is 6.42 Å². The SMILES string of the molecule is CNc1c(C(=O)N2CCCOCC2)cccc1[N+](=O)[O-]. The van der Waals surface area contributed by atoms with Crippen LogP contribution < -0.4 is 5.32 Å². The van der Waals surface area contributed by atoms with E-state index in [1.165, 1.54) is 12.1 Å². The van der Waals surface area contributed by atoms with Gasteiger partial charge in [-0.2, -0.15) is 0 Å². The summed E-state index contributed by atoms with van der Waals surface area (Å²) in [7, 11) is 1.57. The van der Waals surface area contributed by atoms with Crippen molar-refractivity contribution >= 4 is 17.3 Å². The summed E-state index contributed by atoms with van der Waals surface area (Å²) in [5, 5.41) is 13.8. The summed E-state index contributed by atoms with van der Waals surface area (Å²) in [5.41, 5.74) is 0.487. The van der Waals surface area contributed by atoms with Gasteiger partial charge >= 0.3 is 0 Å². The molecular formula is C13H17N3O4. The van der Waals surface area contributed by atoms with Gasteiger partial charge in [0.25, 0.3) is 11.6 Å². The van der Waals surface area contributed by atoms with Crippen LogP contribution in [-0.4, -0.2) is 49.1 Å². The minimum absolute atomic E-state index is 0.0931. The molecule has 1 aliphatic rings. The summed E-state index contributed by atoms with van der Waals surface area (Å²) in [6.45, 7) is 2.24. The van der Waals surface area contributed by atoms with Crippen LogP contribution in [0.3, 0.4) is 0 Å². The van der Waals surface area contributed by atoms with Crippen molar-refractivity contribution in [3.05, 3.63) is 33.9 Å². The molecule has 0 aliphatic carbocycles. The number of amides is 1. The van der Waals surface area contributed by atoms with E-state index in [0.29, 0.717) is 31.9 Å². The summed E-state index contributed by atoms with van der Waals surface area (Å²) in [6, 6.07) is 4.52. The number of anilines is 1. The highest BCUT2D eigenvalue weighted by molar-refractivity contribution is 6.01. The third-order valence-electron chi connectivity index (χ3n) is 3.23. The highest BCUT2D eigenvalue weighted by Crippen LogP contribution is 2.28. The summed E-state index contributed by atoms with van der Waals surface area (Å²) in [5.74, 6) is -0.205. The molecule has 1 aliphatic heterocycles. The maximum Gasteiger partial charge on any atom is 0.293 e. The van der Waals surface area contributed by atoms with Gasteiger partial charge in [0.1, 0.15) is 5.69 Å². The van der Waals surface area contributed by atoms with Crippen molar-refractivity contribution < 1.29 is 14.5 Å². The molecule has 1 amide bonds. The molecule has 0 unspecified atom stereocenters. The molecule has 7 nitrogen and oxygen atoms in total. The molecule has 0 bridgehead atoms. The van der Waals surface area contributed by atoms with Crippen LogP contribution in [0.1, 0.15) is 16.8 Å². The molecule has 1 heterocycles. The Morgan fingerprint density at radius 3 is 2.90 bits per heavy atom. The van der Waals surface area contributed by atoms with Crippen LogP contribution >= 0.6 is 0 Å². The predicted molar refractivity (Wildman–Crippen MR) is 74.0 cm³/mol. The Morgan fingerprint density at radius 1 is 1.40 bits per heavy atom. The fourth-order valence-electron chi connectivity index (χ4n) is 2.25. The average Bonchev–Trinajstić information content (AvgIpc) is 2.74. The summed E-state index contributed by atoms with van der Waals surface area (Å²) >= 11 is 0. The molecule has 0 aromatic heterocycles. The normalized spacial score (nSPS) is 15.6. The number of rotatable bonds is 3. The Hall–Kier alpha value is -2.15. The molecule has 108 valence electrons. The van der Waals surface area contributed by atoms with Gasteiger partial charge in [-0.3, -0.25) is 14.9 Å². The number of hydrogen-bond acceptors (Lipinski definition) is 5. The second kappa shape index (κ2) is 6.33. The van der Waals surface area contributed by atoms with Crippen molar-refractivity contribution in [3.8, 4) is 0 Å². The van der Waals surface area contributed by atoms with E-state index >= 15 is 0 Å². The zero-order valence-corrected chi connectivity index (χ0v) is 11.3. The standard InChI is InChI=1S/C13H17N3O4/c1-14-12-10(4-2-5-11(12)16(18)19)13(17)15-6-3-8-20-9-7-15/h2,4-5,14H,3,6-9H2,1H3. The van der Waals surface area contributed by atoms with E-state index in [1.807, 2.05) is 0 Å². The molecule has 2 rings (SSSR count). The van der Waals surface area contributed by atoms with E-state index in [2.05, 4.69) is 5.32 Å². The molecule has 0 spiro atoms. The molecule has 7 heteroatoms. The molecule has 1 aromatic carbocycles. The van der Waals surface area contributed by atoms with Crippen LogP contribution in [0.5, 0.6) is 0 Å². The molecule has 20 heavy (non-hydrogen) atoms. The van der Waals surface area contributed by atoms with Gasteiger partial charge in [-0.05, 0) is 12.5 Å². The molecule has 0 atom stereocenters. The largest absolute Gasteiger partial charge is 0.382 e. The number of hydrogen-bond donors (Lipinski definition) is 1. The van der Waals surface area contributed by atoms with Crippen LogP contribution in [0.25, 0.3) is 0 Å². The van der Waals surface area contributed by atoms with E-state index in [-0.39, 0.29) is 17.3 Å². The van der Waals surface area contributed by atoms with Gasteiger partial charge in [0.15, 0.2) is 0 Å². The number of nitrogens with one attached hydrogen (secondary N) is 1. The number of nitro groups is 1. The Kier molecular flexibility index (Phi) is 4.52. The molecule has 0 saturated carbocycles. The average molecular weight is 279 g/mol. The number of nitro benzene ring substituents is 1. The van der Waals surface area contributed by atoms with Crippen molar-refractivity contribution in [2.75, 3.05) is 38.7 Å². The summed E-state index contributed by atoms with van der Waals surface area (Å²) in [6.07, 6.45) is 0.773. The first-order valence-corrected chi connectivity index (χ1v) is 6.47. The van der Waals surface area contributed by atoms with E-state index < -0.39 is 4.92 Å². The van der Waals surface area contributed by atoms with Crippen molar-refractivity contribution in [1.82, 2.24) is 4.90 Å². The lowest BCUT2D eigenvalue weighted by molar-refractivity contribution is -0.384. The second-order valence-corrected chi connectivity index (χ2v) is 4.46. The van der Waals surface area contributed by atoms with Crippen LogP contribution in [0.2, 0.25) is 0 Å². The lowest BCUT2D eigenvalue weighted by Gasteiger charge is -2.21. The van der Waals surface area contributed by atoms with Crippen molar-refractivity contribution in [3.63, 3.8) is 0 Å². The van der Waals surface area contributed by atoms with Crippen LogP contribution in [0, 0.1) is 10.1 Å². The Bertz CT molecular complexity index is 510. The highest BCUT2D eigenvalue weighted by Gasteiger charge is 2.24. The number of nitrogens with zero attached hydrogens (tertiary/aromatic N) is 2. The monoisotopic (exact) mass is 279 g/mol. The Balaban J connectivity index is 2.33. The fourth-order valence-corrected chi connectivity index (χ4v) is 2.25.